The number of ketones is 1. The zero-order valence-corrected chi connectivity index (χ0v) is 21.6. The molecule has 0 unspecified atom stereocenters. The Hall–Kier alpha value is -4.24. The number of benzene rings is 3. The Balaban J connectivity index is 1.60. The number of aliphatic carboxylic acids is 1. The first-order chi connectivity index (χ1) is 18.3. The Morgan fingerprint density at radius 2 is 1.67 bits per heavy atom. The number of aromatic nitrogens is 2. The van der Waals surface area contributed by atoms with Gasteiger partial charge in [0.05, 0.1) is 24.2 Å². The van der Waals surface area contributed by atoms with E-state index in [-0.39, 0.29) is 30.1 Å². The molecule has 1 heterocycles. The minimum Gasteiger partial charge on any atom is -0.479 e. The van der Waals surface area contributed by atoms with E-state index >= 15 is 0 Å². The van der Waals surface area contributed by atoms with Gasteiger partial charge in [-0.25, -0.2) is 4.79 Å². The predicted octanol–water partition coefficient (Wildman–Crippen LogP) is 6.54. The second kappa shape index (κ2) is 10.9. The van der Waals surface area contributed by atoms with Crippen LogP contribution in [0.3, 0.4) is 0 Å². The van der Waals surface area contributed by atoms with Crippen molar-refractivity contribution in [2.75, 3.05) is 6.61 Å². The first-order valence-corrected chi connectivity index (χ1v) is 12.2. The van der Waals surface area contributed by atoms with Crippen molar-refractivity contribution in [3.8, 4) is 0 Å². The molecule has 0 fully saturated rings. The predicted molar refractivity (Wildman–Crippen MR) is 142 cm³/mol. The number of hydrogen-bond donors (Lipinski definition) is 1. The number of rotatable bonds is 9. The van der Waals surface area contributed by atoms with Crippen LogP contribution in [0.1, 0.15) is 52.2 Å². The van der Waals surface area contributed by atoms with Gasteiger partial charge in [-0.05, 0) is 50.1 Å². The topological polar surface area (TPSA) is 81.4 Å². The zero-order chi connectivity index (χ0) is 28.4. The zero-order valence-electron chi connectivity index (χ0n) is 21.6. The van der Waals surface area contributed by atoms with E-state index in [0.717, 1.165) is 28.8 Å². The molecular formula is C30H27F3N2O4. The summed E-state index contributed by atoms with van der Waals surface area (Å²) in [5.74, 6) is -1.43. The van der Waals surface area contributed by atoms with Crippen LogP contribution in [0, 0.1) is 6.92 Å². The number of hydrogen-bond acceptors (Lipinski definition) is 4. The van der Waals surface area contributed by atoms with Crippen molar-refractivity contribution in [1.82, 2.24) is 9.78 Å². The minimum atomic E-state index is -4.54. The summed E-state index contributed by atoms with van der Waals surface area (Å²) < 4.78 is 47.2. The smallest absolute Gasteiger partial charge is 0.416 e. The maximum Gasteiger partial charge on any atom is 0.416 e. The summed E-state index contributed by atoms with van der Waals surface area (Å²) in [6.07, 6.45) is -1.07. The molecule has 9 heteroatoms. The molecule has 4 aromatic rings. The van der Waals surface area contributed by atoms with E-state index in [1.807, 2.05) is 31.2 Å². The van der Waals surface area contributed by atoms with Crippen molar-refractivity contribution >= 4 is 28.7 Å². The standard InChI is InChI=1S/C30H27F3N2O4/c1-19-6-12-22(13-7-19)27(36)26-24-15-14-23(30(31,32)33)17-25(24)35(34-26)18-21-10-8-20(9-11-21)5-4-16-39-29(2,3)28(37)38/h4-15,17H,16,18H2,1-3H3,(H,37,38). The fourth-order valence-corrected chi connectivity index (χ4v) is 3.89. The Labute approximate surface area is 223 Å². The van der Waals surface area contributed by atoms with E-state index in [0.29, 0.717) is 10.9 Å². The van der Waals surface area contributed by atoms with E-state index in [2.05, 4.69) is 5.10 Å². The van der Waals surface area contributed by atoms with Crippen LogP contribution >= 0.6 is 0 Å². The molecule has 1 aromatic heterocycles. The Morgan fingerprint density at radius 3 is 2.28 bits per heavy atom. The van der Waals surface area contributed by atoms with Crippen LogP contribution in [-0.4, -0.2) is 38.8 Å². The van der Waals surface area contributed by atoms with Gasteiger partial charge in [-0.2, -0.15) is 18.3 Å². The van der Waals surface area contributed by atoms with Crippen molar-refractivity contribution in [2.24, 2.45) is 0 Å². The van der Waals surface area contributed by atoms with Gasteiger partial charge < -0.3 is 9.84 Å². The van der Waals surface area contributed by atoms with Gasteiger partial charge in [0, 0.05) is 10.9 Å². The molecule has 3 aromatic carbocycles. The number of carbonyl (C=O) groups excluding carboxylic acids is 1. The molecule has 0 aliphatic heterocycles. The molecule has 0 saturated heterocycles. The van der Waals surface area contributed by atoms with Gasteiger partial charge >= 0.3 is 12.1 Å². The van der Waals surface area contributed by atoms with Crippen LogP contribution in [0.5, 0.6) is 0 Å². The molecular weight excluding hydrogens is 509 g/mol. The molecule has 0 atom stereocenters. The maximum atomic E-state index is 13.5. The van der Waals surface area contributed by atoms with Gasteiger partial charge in [0.2, 0.25) is 5.78 Å². The first-order valence-electron chi connectivity index (χ1n) is 12.2. The van der Waals surface area contributed by atoms with Gasteiger partial charge in [-0.3, -0.25) is 9.48 Å². The summed E-state index contributed by atoms with van der Waals surface area (Å²) in [6, 6.07) is 17.5. The quantitative estimate of drug-likeness (QED) is 0.246. The number of fused-ring (bicyclic) bond motifs is 1. The average molecular weight is 537 g/mol. The van der Waals surface area contributed by atoms with Crippen molar-refractivity contribution < 1.29 is 32.6 Å². The van der Waals surface area contributed by atoms with Crippen LogP contribution in [0.15, 0.2) is 72.8 Å². The summed E-state index contributed by atoms with van der Waals surface area (Å²) in [4.78, 5) is 24.4. The van der Waals surface area contributed by atoms with Gasteiger partial charge in [0.1, 0.15) is 5.69 Å². The monoisotopic (exact) mass is 536 g/mol. The number of halogens is 3. The van der Waals surface area contributed by atoms with Crippen LogP contribution in [-0.2, 0) is 22.3 Å². The number of carboxylic acid groups (broad SMARTS) is 1. The largest absolute Gasteiger partial charge is 0.479 e. The number of carboxylic acids is 1. The van der Waals surface area contributed by atoms with Crippen molar-refractivity contribution in [2.45, 2.75) is 39.1 Å². The highest BCUT2D eigenvalue weighted by Gasteiger charge is 2.32. The average Bonchev–Trinajstić information content (AvgIpc) is 3.24. The van der Waals surface area contributed by atoms with Crippen molar-refractivity contribution in [3.63, 3.8) is 0 Å². The molecule has 0 aliphatic rings. The molecule has 0 saturated carbocycles. The van der Waals surface area contributed by atoms with Crippen molar-refractivity contribution in [1.29, 1.82) is 0 Å². The number of aryl methyl sites for hydroxylation is 1. The number of carbonyl (C=O) groups is 2. The van der Waals surface area contributed by atoms with Crippen LogP contribution in [0.25, 0.3) is 17.0 Å². The Morgan fingerprint density at radius 1 is 1.00 bits per heavy atom. The molecule has 6 nitrogen and oxygen atoms in total. The molecule has 0 aliphatic carbocycles. The van der Waals surface area contributed by atoms with Crippen LogP contribution in [0.2, 0.25) is 0 Å². The molecule has 0 spiro atoms. The van der Waals surface area contributed by atoms with E-state index in [1.165, 1.54) is 24.6 Å². The van der Waals surface area contributed by atoms with Crippen LogP contribution in [0.4, 0.5) is 13.2 Å². The molecule has 202 valence electrons. The minimum absolute atomic E-state index is 0.0893. The Bertz CT molecular complexity index is 1530. The lowest BCUT2D eigenvalue weighted by atomic mass is 10.0. The maximum absolute atomic E-state index is 13.5. The second-order valence-corrected chi connectivity index (χ2v) is 9.70. The third kappa shape index (κ3) is 6.43. The normalized spacial score (nSPS) is 12.4. The fraction of sp³-hybridized carbons (Fsp3) is 0.233. The highest BCUT2D eigenvalue weighted by molar-refractivity contribution is 6.15. The molecule has 1 N–H and O–H groups in total. The summed E-state index contributed by atoms with van der Waals surface area (Å²) >= 11 is 0. The highest BCUT2D eigenvalue weighted by atomic mass is 19.4. The molecule has 0 bridgehead atoms. The molecule has 0 radical (unpaired) electrons. The summed E-state index contributed by atoms with van der Waals surface area (Å²) in [5.41, 5.74) is 1.16. The lowest BCUT2D eigenvalue weighted by Gasteiger charge is -2.18. The fourth-order valence-electron chi connectivity index (χ4n) is 3.89. The molecule has 0 amide bonds. The number of alkyl halides is 3. The first kappa shape index (κ1) is 27.8. The summed E-state index contributed by atoms with van der Waals surface area (Å²) in [7, 11) is 0. The van der Waals surface area contributed by atoms with Crippen LogP contribution < -0.4 is 0 Å². The molecule has 39 heavy (non-hydrogen) atoms. The Kier molecular flexibility index (Phi) is 7.74. The lowest BCUT2D eigenvalue weighted by Crippen LogP contribution is -2.34. The number of ether oxygens (including phenoxy) is 1. The third-order valence-corrected chi connectivity index (χ3v) is 6.29. The lowest BCUT2D eigenvalue weighted by molar-refractivity contribution is -0.159. The van der Waals surface area contributed by atoms with E-state index in [4.69, 9.17) is 9.84 Å². The van der Waals surface area contributed by atoms with E-state index in [1.54, 1.807) is 36.4 Å². The second-order valence-electron chi connectivity index (χ2n) is 9.70. The SMILES string of the molecule is Cc1ccc(C(=O)c2nn(Cc3ccc(C=CCOC(C)(C)C(=O)O)cc3)c3cc(C(F)(F)F)ccc23)cc1. The third-order valence-electron chi connectivity index (χ3n) is 6.29. The summed E-state index contributed by atoms with van der Waals surface area (Å²) in [5, 5.41) is 13.9. The summed E-state index contributed by atoms with van der Waals surface area (Å²) in [6.45, 7) is 5.09. The van der Waals surface area contributed by atoms with Gasteiger partial charge in [0.25, 0.3) is 0 Å². The van der Waals surface area contributed by atoms with Gasteiger partial charge in [-0.15, -0.1) is 0 Å². The van der Waals surface area contributed by atoms with E-state index < -0.39 is 23.3 Å². The van der Waals surface area contributed by atoms with E-state index in [9.17, 15) is 22.8 Å². The molecule has 4 rings (SSSR count). The van der Waals surface area contributed by atoms with Gasteiger partial charge in [0.15, 0.2) is 5.60 Å². The van der Waals surface area contributed by atoms with Gasteiger partial charge in [-0.1, -0.05) is 66.2 Å². The highest BCUT2D eigenvalue weighted by Crippen LogP contribution is 2.33. The van der Waals surface area contributed by atoms with Crippen molar-refractivity contribution in [3.05, 3.63) is 106 Å². The number of nitrogens with zero attached hydrogens (tertiary/aromatic N) is 2.